The van der Waals surface area contributed by atoms with Crippen LogP contribution in [0.2, 0.25) is 0 Å². The molecule has 7 heteroatoms. The van der Waals surface area contributed by atoms with E-state index in [4.69, 9.17) is 9.47 Å². The van der Waals surface area contributed by atoms with E-state index < -0.39 is 6.09 Å². The number of benzene rings is 1. The minimum atomic E-state index is -0.608. The number of aryl methyl sites for hydroxylation is 1. The van der Waals surface area contributed by atoms with E-state index in [9.17, 15) is 9.59 Å². The number of ether oxygens (including phenoxy) is 2. The molecule has 0 aliphatic carbocycles. The monoisotopic (exact) mass is 386 g/mol. The molecule has 0 saturated heterocycles. The van der Waals surface area contributed by atoms with E-state index in [2.05, 4.69) is 23.1 Å². The summed E-state index contributed by atoms with van der Waals surface area (Å²) in [7, 11) is 0. The molecule has 6 nitrogen and oxygen atoms in total. The van der Waals surface area contributed by atoms with Crippen molar-refractivity contribution in [2.75, 3.05) is 0 Å². The zero-order valence-electron chi connectivity index (χ0n) is 17.0. The second kappa shape index (κ2) is 16.7. The molecule has 0 radical (unpaired) electrons. The van der Waals surface area contributed by atoms with Crippen LogP contribution in [0.15, 0.2) is 18.2 Å². The molecule has 1 aromatic rings. The molecule has 0 bridgehead atoms. The Morgan fingerprint density at radius 1 is 1.15 bits per heavy atom. The molecule has 1 amide bonds. The number of nitrogens with one attached hydrogen (secondary N) is 2. The molecular formula is C19H34N2O4S. The number of hydrogen-bond donors (Lipinski definition) is 3. The van der Waals surface area contributed by atoms with Gasteiger partial charge in [0, 0.05) is 6.92 Å². The summed E-state index contributed by atoms with van der Waals surface area (Å²) < 4.78 is 10.5. The molecule has 2 N–H and O–H groups in total. The zero-order chi connectivity index (χ0) is 20.5. The van der Waals surface area contributed by atoms with Crippen LogP contribution < -0.4 is 15.0 Å². The van der Waals surface area contributed by atoms with Gasteiger partial charge < -0.3 is 9.47 Å². The van der Waals surface area contributed by atoms with Gasteiger partial charge in [-0.15, -0.1) is 0 Å². The third kappa shape index (κ3) is 10.3. The highest BCUT2D eigenvalue weighted by atomic mass is 32.1. The SMILES string of the molecule is CC.CC.CCCc1cc(C(CC)OC(=O)NNS)ccc1OC(C)=O. The van der Waals surface area contributed by atoms with Gasteiger partial charge in [-0.3, -0.25) is 4.79 Å². The van der Waals surface area contributed by atoms with Crippen LogP contribution in [0.5, 0.6) is 5.75 Å². The highest BCUT2D eigenvalue weighted by Gasteiger charge is 2.17. The average molecular weight is 387 g/mol. The van der Waals surface area contributed by atoms with Crippen molar-refractivity contribution in [2.45, 2.75) is 73.8 Å². The fourth-order valence-electron chi connectivity index (χ4n) is 2.11. The Hall–Kier alpha value is -1.73. The Balaban J connectivity index is 0. The fraction of sp³-hybridized carbons (Fsp3) is 0.579. The normalized spacial score (nSPS) is 10.3. The van der Waals surface area contributed by atoms with Crippen LogP contribution in [-0.4, -0.2) is 12.1 Å². The van der Waals surface area contributed by atoms with Gasteiger partial charge in [0.05, 0.1) is 0 Å². The Labute approximate surface area is 163 Å². The number of amides is 1. The van der Waals surface area contributed by atoms with Crippen LogP contribution in [0.4, 0.5) is 4.79 Å². The van der Waals surface area contributed by atoms with Crippen molar-refractivity contribution in [3.05, 3.63) is 29.3 Å². The van der Waals surface area contributed by atoms with Crippen molar-refractivity contribution in [3.8, 4) is 5.75 Å². The first-order valence-corrected chi connectivity index (χ1v) is 9.63. The molecule has 1 aromatic carbocycles. The smallest absolute Gasteiger partial charge is 0.422 e. The van der Waals surface area contributed by atoms with Crippen molar-refractivity contribution < 1.29 is 19.1 Å². The maximum Gasteiger partial charge on any atom is 0.422 e. The molecule has 150 valence electrons. The maximum absolute atomic E-state index is 11.5. The molecule has 26 heavy (non-hydrogen) atoms. The Morgan fingerprint density at radius 2 is 1.77 bits per heavy atom. The Bertz CT molecular complexity index is 524. The molecule has 0 heterocycles. The first-order valence-electron chi connectivity index (χ1n) is 9.18. The summed E-state index contributed by atoms with van der Waals surface area (Å²) in [5, 5.41) is 0. The van der Waals surface area contributed by atoms with E-state index in [1.165, 1.54) is 6.92 Å². The summed E-state index contributed by atoms with van der Waals surface area (Å²) in [6.07, 6.45) is 1.32. The van der Waals surface area contributed by atoms with Crippen LogP contribution in [0.25, 0.3) is 0 Å². The summed E-state index contributed by atoms with van der Waals surface area (Å²) >= 11 is 3.68. The van der Waals surface area contributed by atoms with Crippen molar-refractivity contribution in [1.29, 1.82) is 0 Å². The number of rotatable bonds is 7. The van der Waals surface area contributed by atoms with Crippen LogP contribution in [0, 0.1) is 0 Å². The lowest BCUT2D eigenvalue weighted by molar-refractivity contribution is -0.131. The molecule has 0 aliphatic heterocycles. The van der Waals surface area contributed by atoms with E-state index in [1.807, 2.05) is 47.6 Å². The minimum absolute atomic E-state index is 0.354. The van der Waals surface area contributed by atoms with E-state index in [0.717, 1.165) is 24.0 Å². The molecule has 1 rings (SSSR count). The van der Waals surface area contributed by atoms with E-state index in [1.54, 1.807) is 12.1 Å². The second-order valence-corrected chi connectivity index (χ2v) is 4.97. The van der Waals surface area contributed by atoms with E-state index in [0.29, 0.717) is 12.2 Å². The summed E-state index contributed by atoms with van der Waals surface area (Å²) in [5.74, 6) is 0.196. The summed E-state index contributed by atoms with van der Waals surface area (Å²) in [6, 6.07) is 5.45. The number of carbonyl (C=O) groups excluding carboxylic acids is 2. The molecule has 0 aromatic heterocycles. The van der Waals surface area contributed by atoms with E-state index in [-0.39, 0.29) is 12.1 Å². The molecule has 1 unspecified atom stereocenters. The predicted octanol–water partition coefficient (Wildman–Crippen LogP) is 5.14. The largest absolute Gasteiger partial charge is 0.440 e. The minimum Gasteiger partial charge on any atom is -0.440 e. The molecule has 0 spiro atoms. The van der Waals surface area contributed by atoms with Crippen molar-refractivity contribution in [1.82, 2.24) is 10.3 Å². The molecular weight excluding hydrogens is 352 g/mol. The van der Waals surface area contributed by atoms with Crippen LogP contribution in [0.1, 0.15) is 78.5 Å². The molecule has 0 saturated carbocycles. The molecule has 0 fully saturated rings. The first-order chi connectivity index (χ1) is 12.5. The number of thiol groups is 1. The van der Waals surface area contributed by atoms with Gasteiger partial charge in [-0.05, 0) is 36.1 Å². The van der Waals surface area contributed by atoms with E-state index >= 15 is 0 Å². The second-order valence-electron chi connectivity index (χ2n) is 4.75. The average Bonchev–Trinajstić information content (AvgIpc) is 2.64. The van der Waals surface area contributed by atoms with Gasteiger partial charge in [-0.1, -0.05) is 66.8 Å². The lowest BCUT2D eigenvalue weighted by Gasteiger charge is -2.18. The predicted molar refractivity (Wildman–Crippen MR) is 109 cm³/mol. The zero-order valence-corrected chi connectivity index (χ0v) is 17.9. The summed E-state index contributed by atoms with van der Waals surface area (Å²) in [4.78, 5) is 24.9. The van der Waals surface area contributed by atoms with Crippen molar-refractivity contribution in [3.63, 3.8) is 0 Å². The van der Waals surface area contributed by atoms with Crippen LogP contribution in [-0.2, 0) is 16.0 Å². The van der Waals surface area contributed by atoms with Gasteiger partial charge in [0.2, 0.25) is 0 Å². The van der Waals surface area contributed by atoms with Crippen LogP contribution >= 0.6 is 12.8 Å². The van der Waals surface area contributed by atoms with Crippen LogP contribution in [0.3, 0.4) is 0 Å². The molecule has 1 atom stereocenters. The first kappa shape index (κ1) is 26.5. The number of hydrogen-bond acceptors (Lipinski definition) is 6. The Kier molecular flexibility index (Phi) is 17.0. The van der Waals surface area contributed by atoms with Gasteiger partial charge >= 0.3 is 12.1 Å². The van der Waals surface area contributed by atoms with Crippen molar-refractivity contribution >= 4 is 24.9 Å². The summed E-state index contributed by atoms with van der Waals surface area (Å²) in [5.41, 5.74) is 4.02. The number of hydrazine groups is 1. The highest BCUT2D eigenvalue weighted by molar-refractivity contribution is 7.78. The quantitative estimate of drug-likeness (QED) is 0.262. The highest BCUT2D eigenvalue weighted by Crippen LogP contribution is 2.28. The third-order valence-electron chi connectivity index (χ3n) is 3.01. The Morgan fingerprint density at radius 3 is 2.23 bits per heavy atom. The lowest BCUT2D eigenvalue weighted by atomic mass is 10.0. The van der Waals surface area contributed by atoms with Gasteiger partial charge in [0.15, 0.2) is 0 Å². The lowest BCUT2D eigenvalue weighted by Crippen LogP contribution is -2.32. The molecule has 0 aliphatic rings. The van der Waals surface area contributed by atoms with Gasteiger partial charge in [-0.2, -0.15) is 4.83 Å². The van der Waals surface area contributed by atoms with Gasteiger partial charge in [0.1, 0.15) is 11.9 Å². The maximum atomic E-state index is 11.5. The third-order valence-corrected chi connectivity index (χ3v) is 3.12. The topological polar surface area (TPSA) is 76.7 Å². The number of carbonyl (C=O) groups is 2. The van der Waals surface area contributed by atoms with Gasteiger partial charge in [-0.25, -0.2) is 10.2 Å². The number of esters is 1. The summed E-state index contributed by atoms with van der Waals surface area (Å²) in [6.45, 7) is 13.3. The van der Waals surface area contributed by atoms with Gasteiger partial charge in [0.25, 0.3) is 0 Å². The van der Waals surface area contributed by atoms with Crippen molar-refractivity contribution in [2.24, 2.45) is 0 Å². The standard InChI is InChI=1S/C15H22N2O4S.2C2H6/c1-4-6-11-9-12(7-8-14(11)20-10(3)18)13(5-2)21-15(19)16-17-22;2*1-2/h7-9,13,17,22H,4-6H2,1-3H3,(H,16,19);2*1-2H3. The fourth-order valence-corrected chi connectivity index (χ4v) is 2.20.